The predicted molar refractivity (Wildman–Crippen MR) is 124 cm³/mol. The summed E-state index contributed by atoms with van der Waals surface area (Å²) in [5.74, 6) is -3.32. The molecule has 34 heavy (non-hydrogen) atoms. The third-order valence-electron chi connectivity index (χ3n) is 6.21. The highest BCUT2D eigenvalue weighted by Gasteiger charge is 2.42. The number of rotatable bonds is 11. The molecule has 3 N–H and O–H groups in total. The predicted octanol–water partition coefficient (Wildman–Crippen LogP) is 1.73. The van der Waals surface area contributed by atoms with Crippen LogP contribution < -0.4 is 10.6 Å². The van der Waals surface area contributed by atoms with Crippen LogP contribution in [-0.2, 0) is 34.7 Å². The lowest BCUT2D eigenvalue weighted by molar-refractivity contribution is -0.147. The molecule has 186 valence electrons. The summed E-state index contributed by atoms with van der Waals surface area (Å²) in [5, 5.41) is 14.8. The maximum absolute atomic E-state index is 14.1. The second-order valence-electron chi connectivity index (χ2n) is 8.59. The number of carbonyl (C=O) groups is 4. The zero-order valence-electron chi connectivity index (χ0n) is 19.3. The molecular formula is C23H32N3O7P. The van der Waals surface area contributed by atoms with E-state index in [0.717, 1.165) is 5.56 Å². The van der Waals surface area contributed by atoms with E-state index < -0.39 is 49.2 Å². The van der Waals surface area contributed by atoms with Gasteiger partial charge in [-0.2, -0.15) is 0 Å². The van der Waals surface area contributed by atoms with Crippen molar-refractivity contribution in [1.29, 1.82) is 0 Å². The first kappa shape index (κ1) is 25.9. The topological polar surface area (TPSA) is 142 Å². The van der Waals surface area contributed by atoms with Crippen molar-refractivity contribution in [3.05, 3.63) is 35.9 Å². The Morgan fingerprint density at radius 2 is 2.00 bits per heavy atom. The van der Waals surface area contributed by atoms with Crippen LogP contribution in [0.15, 0.2) is 30.3 Å². The van der Waals surface area contributed by atoms with Crippen LogP contribution in [-0.4, -0.2) is 70.9 Å². The number of nitrogens with one attached hydrogen (secondary N) is 2. The van der Waals surface area contributed by atoms with Crippen molar-refractivity contribution in [2.45, 2.75) is 63.3 Å². The quantitative estimate of drug-likeness (QED) is 0.399. The van der Waals surface area contributed by atoms with Gasteiger partial charge in [-0.25, -0.2) is 4.79 Å². The number of likely N-dealkylation sites (tertiary alicyclic amines) is 1. The fraction of sp³-hybridized carbons (Fsp3) is 0.565. The van der Waals surface area contributed by atoms with E-state index in [4.69, 9.17) is 4.52 Å². The first-order valence-electron chi connectivity index (χ1n) is 11.6. The number of carbonyl (C=O) groups excluding carboxylic acids is 3. The number of aryl methyl sites for hydroxylation is 1. The van der Waals surface area contributed by atoms with Crippen LogP contribution in [0.4, 0.5) is 0 Å². The second kappa shape index (κ2) is 11.6. The van der Waals surface area contributed by atoms with Gasteiger partial charge < -0.3 is 25.2 Å². The SMILES string of the molecule is CCOP(=O)(CC(=O)N1CCC[C@H]1C(=O)O)C(CCc1ccccc1)NC(=O)C1CCC(=O)N1. The highest BCUT2D eigenvalue weighted by atomic mass is 31.2. The molecule has 1 aromatic rings. The molecule has 3 unspecified atom stereocenters. The summed E-state index contributed by atoms with van der Waals surface area (Å²) in [4.78, 5) is 50.3. The van der Waals surface area contributed by atoms with Crippen LogP contribution in [0.3, 0.4) is 0 Å². The van der Waals surface area contributed by atoms with Crippen LogP contribution in [0.5, 0.6) is 0 Å². The summed E-state index contributed by atoms with van der Waals surface area (Å²) < 4.78 is 19.7. The smallest absolute Gasteiger partial charge is 0.326 e. The van der Waals surface area contributed by atoms with Gasteiger partial charge in [-0.3, -0.25) is 18.9 Å². The summed E-state index contributed by atoms with van der Waals surface area (Å²) in [5.41, 5.74) is 0.968. The van der Waals surface area contributed by atoms with E-state index >= 15 is 0 Å². The van der Waals surface area contributed by atoms with Gasteiger partial charge in [0.2, 0.25) is 25.1 Å². The van der Waals surface area contributed by atoms with Crippen LogP contribution in [0.1, 0.15) is 44.6 Å². The molecule has 2 aliphatic rings. The van der Waals surface area contributed by atoms with Crippen molar-refractivity contribution in [2.75, 3.05) is 19.3 Å². The molecule has 0 bridgehead atoms. The molecule has 0 aromatic heterocycles. The van der Waals surface area contributed by atoms with Crippen molar-refractivity contribution in [3.63, 3.8) is 0 Å². The lowest BCUT2D eigenvalue weighted by atomic mass is 10.1. The minimum absolute atomic E-state index is 0.0603. The minimum atomic E-state index is -3.77. The van der Waals surface area contributed by atoms with Crippen molar-refractivity contribution in [3.8, 4) is 0 Å². The van der Waals surface area contributed by atoms with Gasteiger partial charge in [-0.05, 0) is 44.6 Å². The Hall–Kier alpha value is -2.71. The summed E-state index contributed by atoms with van der Waals surface area (Å²) in [6, 6.07) is 7.78. The molecule has 10 nitrogen and oxygen atoms in total. The standard InChI is InChI=1S/C23H32N3O7P/c1-2-33-34(32,15-21(28)26-14-6-9-18(26)23(30)31)20(13-10-16-7-4-3-5-8-16)25-22(29)17-11-12-19(27)24-17/h3-5,7-8,17-18,20H,2,6,9-15H2,1H3,(H,24,27)(H,25,29)(H,30,31)/t17?,18-,20?,34?/m0/s1. The maximum atomic E-state index is 14.1. The molecule has 2 saturated heterocycles. The third kappa shape index (κ3) is 6.45. The Labute approximate surface area is 198 Å². The average Bonchev–Trinajstić information content (AvgIpc) is 3.47. The van der Waals surface area contributed by atoms with Crippen molar-refractivity contribution >= 4 is 31.1 Å². The van der Waals surface area contributed by atoms with E-state index in [2.05, 4.69) is 10.6 Å². The number of hydrogen-bond donors (Lipinski definition) is 3. The fourth-order valence-corrected chi connectivity index (χ4v) is 6.79. The number of benzene rings is 1. The number of amides is 3. The molecule has 11 heteroatoms. The van der Waals surface area contributed by atoms with Crippen molar-refractivity contribution in [2.24, 2.45) is 0 Å². The average molecular weight is 493 g/mol. The van der Waals surface area contributed by atoms with Crippen LogP contribution >= 0.6 is 7.37 Å². The van der Waals surface area contributed by atoms with Gasteiger partial charge in [0, 0.05) is 13.0 Å². The lowest BCUT2D eigenvalue weighted by Crippen LogP contribution is -2.47. The summed E-state index contributed by atoms with van der Waals surface area (Å²) in [6.45, 7) is 1.99. The number of hydrogen-bond acceptors (Lipinski definition) is 6. The van der Waals surface area contributed by atoms with Gasteiger partial charge in [-0.15, -0.1) is 0 Å². The molecule has 0 aliphatic carbocycles. The zero-order chi connectivity index (χ0) is 24.7. The Kier molecular flexibility index (Phi) is 8.85. The van der Waals surface area contributed by atoms with Crippen molar-refractivity contribution < 1.29 is 33.4 Å². The Morgan fingerprint density at radius 3 is 2.62 bits per heavy atom. The highest BCUT2D eigenvalue weighted by Crippen LogP contribution is 2.52. The van der Waals surface area contributed by atoms with E-state index in [-0.39, 0.29) is 31.9 Å². The number of carboxylic acid groups (broad SMARTS) is 1. The molecule has 3 rings (SSSR count). The molecule has 2 heterocycles. The Morgan fingerprint density at radius 1 is 1.26 bits per heavy atom. The molecular weight excluding hydrogens is 461 g/mol. The van der Waals surface area contributed by atoms with E-state index in [1.807, 2.05) is 30.3 Å². The van der Waals surface area contributed by atoms with Crippen LogP contribution in [0.25, 0.3) is 0 Å². The second-order valence-corrected chi connectivity index (χ2v) is 11.2. The number of aliphatic carboxylic acids is 1. The fourth-order valence-electron chi connectivity index (χ4n) is 4.46. The van der Waals surface area contributed by atoms with Gasteiger partial charge in [0.15, 0.2) is 0 Å². The maximum Gasteiger partial charge on any atom is 0.326 e. The van der Waals surface area contributed by atoms with Crippen LogP contribution in [0.2, 0.25) is 0 Å². The molecule has 3 amide bonds. The summed E-state index contributed by atoms with van der Waals surface area (Å²) in [6.07, 6.45) is 1.70. The lowest BCUT2D eigenvalue weighted by Gasteiger charge is -2.31. The van der Waals surface area contributed by atoms with E-state index in [1.165, 1.54) is 4.90 Å². The minimum Gasteiger partial charge on any atom is -0.480 e. The molecule has 0 spiro atoms. The first-order valence-corrected chi connectivity index (χ1v) is 13.5. The molecule has 2 fully saturated rings. The number of carboxylic acids is 1. The first-order chi connectivity index (χ1) is 16.2. The summed E-state index contributed by atoms with van der Waals surface area (Å²) >= 11 is 0. The van der Waals surface area contributed by atoms with Gasteiger partial charge in [0.05, 0.1) is 6.61 Å². The van der Waals surface area contributed by atoms with Gasteiger partial charge in [0.1, 0.15) is 24.0 Å². The third-order valence-corrected chi connectivity index (χ3v) is 8.95. The molecule has 2 aliphatic heterocycles. The number of nitrogens with zero attached hydrogens (tertiary/aromatic N) is 1. The van der Waals surface area contributed by atoms with Gasteiger partial charge >= 0.3 is 5.97 Å². The van der Waals surface area contributed by atoms with E-state index in [0.29, 0.717) is 25.7 Å². The Bertz CT molecular complexity index is 955. The molecule has 0 saturated carbocycles. The molecule has 0 radical (unpaired) electrons. The molecule has 1 aromatic carbocycles. The van der Waals surface area contributed by atoms with Crippen molar-refractivity contribution in [1.82, 2.24) is 15.5 Å². The van der Waals surface area contributed by atoms with Gasteiger partial charge in [-0.1, -0.05) is 30.3 Å². The highest BCUT2D eigenvalue weighted by molar-refractivity contribution is 7.60. The largest absolute Gasteiger partial charge is 0.480 e. The van der Waals surface area contributed by atoms with Gasteiger partial charge in [0.25, 0.3) is 0 Å². The normalized spacial score (nSPS) is 22.6. The van der Waals surface area contributed by atoms with E-state index in [9.17, 15) is 28.8 Å². The monoisotopic (exact) mass is 493 g/mol. The van der Waals surface area contributed by atoms with E-state index in [1.54, 1.807) is 6.92 Å². The molecule has 4 atom stereocenters. The zero-order valence-corrected chi connectivity index (χ0v) is 20.2. The summed E-state index contributed by atoms with van der Waals surface area (Å²) in [7, 11) is -3.77. The Balaban J connectivity index is 1.81. The van der Waals surface area contributed by atoms with Crippen LogP contribution in [0, 0.1) is 0 Å².